The van der Waals surface area contributed by atoms with Crippen molar-refractivity contribution in [2.45, 2.75) is 19.3 Å². The molecule has 0 radical (unpaired) electrons. The van der Waals surface area contributed by atoms with E-state index in [0.717, 1.165) is 16.9 Å². The summed E-state index contributed by atoms with van der Waals surface area (Å²) in [5.74, 6) is 50.2. The van der Waals surface area contributed by atoms with Crippen LogP contribution < -0.4 is 9.05 Å². The first-order valence-electron chi connectivity index (χ1n) is 13.2. The molecule has 0 aliphatic rings. The Bertz CT molecular complexity index is 2060. The summed E-state index contributed by atoms with van der Waals surface area (Å²) in [7, 11) is -2.57. The van der Waals surface area contributed by atoms with Gasteiger partial charge >= 0.3 is 8.60 Å². The molecule has 0 saturated carbocycles. The SMILES string of the molecule is C#CC#CC#CC#CC#CC#COP(OC#CC#CC#CC#CC#CC#C)Oc1ccc(C(C)(C)c2ccc(OP(C)C)cc2)cc1. The van der Waals surface area contributed by atoms with Crippen molar-refractivity contribution in [3.8, 4) is 155 Å². The molecule has 0 saturated heterocycles. The maximum Gasteiger partial charge on any atom is 0.548 e. The number of benzene rings is 2. The second-order valence-corrected chi connectivity index (χ2v) is 11.6. The van der Waals surface area contributed by atoms with Gasteiger partial charge in [-0.25, -0.2) is 0 Å². The van der Waals surface area contributed by atoms with Gasteiger partial charge < -0.3 is 18.1 Å². The van der Waals surface area contributed by atoms with Crippen LogP contribution in [0, 0.1) is 143 Å². The van der Waals surface area contributed by atoms with Gasteiger partial charge in [0.15, 0.2) is 0 Å². The van der Waals surface area contributed by atoms with E-state index >= 15 is 0 Å². The van der Waals surface area contributed by atoms with Crippen LogP contribution in [0.5, 0.6) is 11.5 Å². The topological polar surface area (TPSA) is 36.9 Å². The van der Waals surface area contributed by atoms with E-state index in [-0.39, 0.29) is 5.41 Å². The third-order valence-corrected chi connectivity index (χ3v) is 6.52. The quantitative estimate of drug-likeness (QED) is 0.266. The van der Waals surface area contributed by atoms with Gasteiger partial charge in [-0.05, 0) is 108 Å². The lowest BCUT2D eigenvalue weighted by atomic mass is 9.78. The van der Waals surface area contributed by atoms with E-state index < -0.39 is 16.8 Å². The van der Waals surface area contributed by atoms with Crippen molar-refractivity contribution in [1.29, 1.82) is 0 Å². The fourth-order valence-electron chi connectivity index (χ4n) is 3.07. The van der Waals surface area contributed by atoms with Gasteiger partial charge in [-0.3, -0.25) is 0 Å². The third kappa shape index (κ3) is 15.5. The summed E-state index contributed by atoms with van der Waals surface area (Å²) in [6, 6.07) is 15.7. The Labute approximate surface area is 281 Å². The normalized spacial score (nSPS) is 7.91. The van der Waals surface area contributed by atoms with Gasteiger partial charge in [0.2, 0.25) is 0 Å². The zero-order chi connectivity index (χ0) is 34.0. The molecule has 6 heteroatoms. The fourth-order valence-corrected chi connectivity index (χ4v) is 4.25. The molecule has 2 aromatic rings. The highest BCUT2D eigenvalue weighted by atomic mass is 31.2. The van der Waals surface area contributed by atoms with Crippen molar-refractivity contribution in [3.63, 3.8) is 0 Å². The van der Waals surface area contributed by atoms with E-state index in [1.165, 1.54) is 0 Å². The predicted molar refractivity (Wildman–Crippen MR) is 190 cm³/mol. The van der Waals surface area contributed by atoms with E-state index in [2.05, 4.69) is 170 Å². The highest BCUT2D eigenvalue weighted by molar-refractivity contribution is 7.51. The average molecular weight is 641 g/mol. The summed E-state index contributed by atoms with van der Waals surface area (Å²) in [6.07, 6.45) is 14.8. The van der Waals surface area contributed by atoms with E-state index in [4.69, 9.17) is 30.9 Å². The zero-order valence-corrected chi connectivity index (χ0v) is 27.6. The standard InChI is InChI=1S/C41H22O4P2/c1-7-9-11-13-15-17-19-21-23-25-35-42-47(43-36-26-24-22-20-18-16-14-12-10-8-2)45-40-33-29-38(30-34-40)41(3,4)37-27-31-39(32-28-37)44-46(5)6/h1-2,27-34H,3-6H3. The molecule has 0 bridgehead atoms. The van der Waals surface area contributed by atoms with Gasteiger partial charge in [0.25, 0.3) is 0 Å². The molecule has 0 unspecified atom stereocenters. The Balaban J connectivity index is 2.17. The summed E-state index contributed by atoms with van der Waals surface area (Å²) in [5.41, 5.74) is 1.94. The van der Waals surface area contributed by atoms with Crippen molar-refractivity contribution < 1.29 is 18.1 Å². The van der Waals surface area contributed by atoms with E-state index in [1.807, 2.05) is 36.4 Å². The Hall–Kier alpha value is -6.78. The first-order valence-corrected chi connectivity index (χ1v) is 16.4. The fraction of sp³-hybridized carbons (Fsp3) is 0.122. The van der Waals surface area contributed by atoms with Crippen LogP contribution in [0.4, 0.5) is 0 Å². The molecule has 47 heavy (non-hydrogen) atoms. The van der Waals surface area contributed by atoms with Crippen molar-refractivity contribution in [3.05, 3.63) is 59.7 Å². The van der Waals surface area contributed by atoms with E-state index in [9.17, 15) is 0 Å². The van der Waals surface area contributed by atoms with Gasteiger partial charge in [0.05, 0.1) is 8.15 Å². The molecule has 0 spiro atoms. The molecule has 0 aromatic heterocycles. The monoisotopic (exact) mass is 640 g/mol. The van der Waals surface area contributed by atoms with Gasteiger partial charge in [0, 0.05) is 64.6 Å². The van der Waals surface area contributed by atoms with Gasteiger partial charge in [0.1, 0.15) is 23.7 Å². The second-order valence-electron chi connectivity index (χ2n) is 8.82. The molecule has 4 nitrogen and oxygen atoms in total. The van der Waals surface area contributed by atoms with Crippen LogP contribution in [0.15, 0.2) is 48.5 Å². The summed E-state index contributed by atoms with van der Waals surface area (Å²) < 4.78 is 22.6. The Morgan fingerprint density at radius 3 is 1.13 bits per heavy atom. The first kappa shape index (κ1) is 36.4. The highest BCUT2D eigenvalue weighted by Gasteiger charge is 2.24. The minimum absolute atomic E-state index is 0.278. The average Bonchev–Trinajstić information content (AvgIpc) is 3.06. The van der Waals surface area contributed by atoms with Crippen LogP contribution in [-0.2, 0) is 14.5 Å². The van der Waals surface area contributed by atoms with Crippen molar-refractivity contribution in [2.24, 2.45) is 0 Å². The highest BCUT2D eigenvalue weighted by Crippen LogP contribution is 2.41. The molecule has 0 atom stereocenters. The smallest absolute Gasteiger partial charge is 0.475 e. The minimum atomic E-state index is -2.08. The van der Waals surface area contributed by atoms with Gasteiger partial charge in [-0.1, -0.05) is 38.1 Å². The maximum atomic E-state index is 5.88. The molecule has 0 aliphatic carbocycles. The number of hydrogen-bond donors (Lipinski definition) is 0. The first-order chi connectivity index (χ1) is 22.9. The van der Waals surface area contributed by atoms with Crippen molar-refractivity contribution in [1.82, 2.24) is 0 Å². The summed E-state index contributed by atoms with van der Waals surface area (Å²) in [5, 5.41) is 0. The Morgan fingerprint density at radius 1 is 0.468 bits per heavy atom. The summed E-state index contributed by atoms with van der Waals surface area (Å²) in [4.78, 5) is 0. The molecule has 0 heterocycles. The molecule has 0 fully saturated rings. The van der Waals surface area contributed by atoms with E-state index in [0.29, 0.717) is 5.75 Å². The van der Waals surface area contributed by atoms with Crippen LogP contribution in [0.1, 0.15) is 25.0 Å². The third-order valence-electron chi connectivity index (χ3n) is 5.11. The molecule has 220 valence electrons. The lowest BCUT2D eigenvalue weighted by Gasteiger charge is -2.26. The largest absolute Gasteiger partial charge is 0.548 e. The summed E-state index contributed by atoms with van der Waals surface area (Å²) in [6.45, 7) is 8.41. The molecular weight excluding hydrogens is 618 g/mol. The van der Waals surface area contributed by atoms with Crippen molar-refractivity contribution in [2.75, 3.05) is 13.3 Å². The van der Waals surface area contributed by atoms with E-state index in [1.54, 1.807) is 0 Å². The van der Waals surface area contributed by atoms with Crippen LogP contribution in [0.3, 0.4) is 0 Å². The predicted octanol–water partition coefficient (Wildman–Crippen LogP) is 5.90. The summed E-state index contributed by atoms with van der Waals surface area (Å²) >= 11 is 0. The van der Waals surface area contributed by atoms with Crippen molar-refractivity contribution >= 4 is 16.8 Å². The molecule has 0 N–H and O–H groups in total. The van der Waals surface area contributed by atoms with Gasteiger partial charge in [-0.15, -0.1) is 12.8 Å². The van der Waals surface area contributed by atoms with Crippen LogP contribution in [0.2, 0.25) is 0 Å². The molecule has 2 rings (SSSR count). The number of rotatable bonds is 8. The Kier molecular flexibility index (Phi) is 16.9. The molecule has 0 aliphatic heterocycles. The molecule has 2 aromatic carbocycles. The number of hydrogen-bond acceptors (Lipinski definition) is 4. The van der Waals surface area contributed by atoms with Crippen LogP contribution in [-0.4, -0.2) is 13.3 Å². The van der Waals surface area contributed by atoms with Crippen LogP contribution >= 0.6 is 16.8 Å². The zero-order valence-electron chi connectivity index (χ0n) is 25.8. The molecular formula is C41H22O4P2. The number of terminal acetylenes is 2. The minimum Gasteiger partial charge on any atom is -0.475 e. The van der Waals surface area contributed by atoms with Crippen LogP contribution in [0.25, 0.3) is 0 Å². The van der Waals surface area contributed by atoms with Gasteiger partial charge in [-0.2, -0.15) is 0 Å². The Morgan fingerprint density at radius 2 is 0.787 bits per heavy atom. The lowest BCUT2D eigenvalue weighted by molar-refractivity contribution is 0.355. The lowest BCUT2D eigenvalue weighted by Crippen LogP contribution is -2.18. The maximum absolute atomic E-state index is 5.88. The second kappa shape index (κ2) is 21.8. The molecule has 0 amide bonds.